The Bertz CT molecular complexity index is 590. The Balaban J connectivity index is 2.21. The van der Waals surface area contributed by atoms with E-state index in [9.17, 15) is 9.18 Å². The van der Waals surface area contributed by atoms with Gasteiger partial charge in [-0.25, -0.2) is 9.37 Å². The van der Waals surface area contributed by atoms with E-state index >= 15 is 0 Å². The van der Waals surface area contributed by atoms with Crippen molar-refractivity contribution in [2.75, 3.05) is 0 Å². The summed E-state index contributed by atoms with van der Waals surface area (Å²) in [5.74, 6) is -0.934. The molecule has 2 heterocycles. The van der Waals surface area contributed by atoms with Crippen molar-refractivity contribution in [1.82, 2.24) is 15.2 Å². The van der Waals surface area contributed by atoms with Gasteiger partial charge in [0.05, 0.1) is 5.56 Å². The van der Waals surface area contributed by atoms with E-state index in [0.29, 0.717) is 10.0 Å². The van der Waals surface area contributed by atoms with Crippen molar-refractivity contribution >= 4 is 28.9 Å². The van der Waals surface area contributed by atoms with Crippen molar-refractivity contribution < 1.29 is 13.9 Å². The molecule has 0 amide bonds. The molecule has 2 aromatic rings. The number of pyridine rings is 1. The minimum atomic E-state index is -0.523. The Labute approximate surface area is 111 Å². The molecule has 0 aliphatic carbocycles. The first-order valence-electron chi connectivity index (χ1n) is 4.83. The topological polar surface area (TPSA) is 65.0 Å². The van der Waals surface area contributed by atoms with Gasteiger partial charge >= 0.3 is 5.97 Å². The number of hydrogen-bond donors (Lipinski definition) is 0. The standard InChI is InChI=1S/C10H7ClFN3O2S/c1-5(16)17-4-9-14-15-10(18-9)6-3-13-8(11)2-7(6)12/h2-3H,4H2,1H3. The summed E-state index contributed by atoms with van der Waals surface area (Å²) in [7, 11) is 0. The van der Waals surface area contributed by atoms with Crippen LogP contribution in [0, 0.1) is 5.82 Å². The lowest BCUT2D eigenvalue weighted by atomic mass is 10.3. The molecular weight excluding hydrogens is 281 g/mol. The molecule has 2 rings (SSSR count). The summed E-state index contributed by atoms with van der Waals surface area (Å²) in [5.41, 5.74) is 0.214. The van der Waals surface area contributed by atoms with Crippen molar-refractivity contribution in [3.05, 3.63) is 28.2 Å². The maximum atomic E-state index is 13.6. The number of rotatable bonds is 3. The molecule has 2 aromatic heterocycles. The number of esters is 1. The van der Waals surface area contributed by atoms with Crippen LogP contribution in [0.3, 0.4) is 0 Å². The molecule has 0 aromatic carbocycles. The van der Waals surface area contributed by atoms with Crippen LogP contribution < -0.4 is 0 Å². The number of halogens is 2. The molecule has 8 heteroatoms. The van der Waals surface area contributed by atoms with Crippen LogP contribution in [0.1, 0.15) is 11.9 Å². The van der Waals surface area contributed by atoms with Crippen LogP contribution in [0.2, 0.25) is 5.15 Å². The van der Waals surface area contributed by atoms with E-state index in [1.54, 1.807) is 0 Å². The molecule has 0 bridgehead atoms. The molecule has 5 nitrogen and oxygen atoms in total. The summed E-state index contributed by atoms with van der Waals surface area (Å²) < 4.78 is 18.4. The van der Waals surface area contributed by atoms with Crippen molar-refractivity contribution in [2.24, 2.45) is 0 Å². The molecule has 0 N–H and O–H groups in total. The van der Waals surface area contributed by atoms with Crippen LogP contribution in [0.5, 0.6) is 0 Å². The van der Waals surface area contributed by atoms with Crippen molar-refractivity contribution in [2.45, 2.75) is 13.5 Å². The molecule has 0 saturated heterocycles. The van der Waals surface area contributed by atoms with Crippen molar-refractivity contribution in [3.8, 4) is 10.6 Å². The van der Waals surface area contributed by atoms with Gasteiger partial charge in [-0.1, -0.05) is 22.9 Å². The first-order valence-corrected chi connectivity index (χ1v) is 6.03. The largest absolute Gasteiger partial charge is 0.458 e. The van der Waals surface area contributed by atoms with E-state index < -0.39 is 11.8 Å². The fourth-order valence-corrected chi connectivity index (χ4v) is 2.06. The van der Waals surface area contributed by atoms with Crippen LogP contribution in [-0.4, -0.2) is 21.2 Å². The highest BCUT2D eigenvalue weighted by Gasteiger charge is 2.13. The van der Waals surface area contributed by atoms with Crippen LogP contribution in [0.4, 0.5) is 4.39 Å². The van der Waals surface area contributed by atoms with E-state index in [1.807, 2.05) is 0 Å². The summed E-state index contributed by atoms with van der Waals surface area (Å²) >= 11 is 6.68. The Hall–Kier alpha value is -1.60. The van der Waals surface area contributed by atoms with Gasteiger partial charge in [0.15, 0.2) is 10.0 Å². The third-order valence-electron chi connectivity index (χ3n) is 1.92. The summed E-state index contributed by atoms with van der Waals surface area (Å²) in [6.45, 7) is 1.32. The van der Waals surface area contributed by atoms with Gasteiger partial charge in [0, 0.05) is 19.2 Å². The normalized spacial score (nSPS) is 10.4. The number of aromatic nitrogens is 3. The second kappa shape index (κ2) is 5.36. The lowest BCUT2D eigenvalue weighted by Gasteiger charge is -1.97. The van der Waals surface area contributed by atoms with Gasteiger partial charge in [0.2, 0.25) is 0 Å². The number of ether oxygens (including phenoxy) is 1. The van der Waals surface area contributed by atoms with Crippen LogP contribution >= 0.6 is 22.9 Å². The number of hydrogen-bond acceptors (Lipinski definition) is 6. The number of nitrogens with zero attached hydrogens (tertiary/aromatic N) is 3. The maximum absolute atomic E-state index is 13.6. The zero-order valence-electron chi connectivity index (χ0n) is 9.18. The highest BCUT2D eigenvalue weighted by molar-refractivity contribution is 7.14. The molecule has 0 radical (unpaired) electrons. The molecule has 0 aliphatic heterocycles. The van der Waals surface area contributed by atoms with Gasteiger partial charge in [-0.05, 0) is 0 Å². The third kappa shape index (κ3) is 2.99. The molecule has 0 fully saturated rings. The summed E-state index contributed by atoms with van der Waals surface area (Å²) in [6.07, 6.45) is 1.29. The van der Waals surface area contributed by atoms with E-state index in [4.69, 9.17) is 16.3 Å². The molecule has 94 valence electrons. The van der Waals surface area contributed by atoms with Crippen molar-refractivity contribution in [1.29, 1.82) is 0 Å². The maximum Gasteiger partial charge on any atom is 0.303 e. The first kappa shape index (κ1) is 12.8. The molecular formula is C10H7ClFN3O2S. The Morgan fingerprint density at radius 2 is 2.33 bits per heavy atom. The zero-order chi connectivity index (χ0) is 13.1. The first-order chi connectivity index (χ1) is 8.56. The van der Waals surface area contributed by atoms with Crippen LogP contribution in [0.25, 0.3) is 10.6 Å². The highest BCUT2D eigenvalue weighted by atomic mass is 35.5. The van der Waals surface area contributed by atoms with Gasteiger partial charge in [0.1, 0.15) is 17.6 Å². The lowest BCUT2D eigenvalue weighted by Crippen LogP contribution is -1.97. The van der Waals surface area contributed by atoms with Gasteiger partial charge < -0.3 is 4.74 Å². The fraction of sp³-hybridized carbons (Fsp3) is 0.200. The molecule has 0 atom stereocenters. The minimum absolute atomic E-state index is 0.0234. The predicted octanol–water partition coefficient (Wildman–Crippen LogP) is 2.46. The molecule has 0 saturated carbocycles. The molecule has 18 heavy (non-hydrogen) atoms. The Morgan fingerprint density at radius 3 is 3.00 bits per heavy atom. The Morgan fingerprint density at radius 1 is 1.56 bits per heavy atom. The van der Waals surface area contributed by atoms with Gasteiger partial charge in [0.25, 0.3) is 0 Å². The van der Waals surface area contributed by atoms with Gasteiger partial charge in [-0.15, -0.1) is 10.2 Å². The quantitative estimate of drug-likeness (QED) is 0.641. The van der Waals surface area contributed by atoms with E-state index in [0.717, 1.165) is 17.4 Å². The highest BCUT2D eigenvalue weighted by Crippen LogP contribution is 2.26. The smallest absolute Gasteiger partial charge is 0.303 e. The average Bonchev–Trinajstić information content (AvgIpc) is 2.75. The predicted molar refractivity (Wildman–Crippen MR) is 63.6 cm³/mol. The molecule has 0 aliphatic rings. The van der Waals surface area contributed by atoms with E-state index in [1.165, 1.54) is 13.1 Å². The van der Waals surface area contributed by atoms with E-state index in [-0.39, 0.29) is 17.3 Å². The average molecular weight is 288 g/mol. The monoisotopic (exact) mass is 287 g/mol. The van der Waals surface area contributed by atoms with Crippen LogP contribution in [-0.2, 0) is 16.1 Å². The second-order valence-electron chi connectivity index (χ2n) is 3.27. The Kier molecular flexibility index (Phi) is 3.83. The molecule has 0 unspecified atom stereocenters. The van der Waals surface area contributed by atoms with E-state index in [2.05, 4.69) is 15.2 Å². The second-order valence-corrected chi connectivity index (χ2v) is 4.72. The summed E-state index contributed by atoms with van der Waals surface area (Å²) in [5, 5.41) is 8.51. The SMILES string of the molecule is CC(=O)OCc1nnc(-c2cnc(Cl)cc2F)s1. The fourth-order valence-electron chi connectivity index (χ4n) is 1.15. The lowest BCUT2D eigenvalue weighted by molar-refractivity contribution is -0.142. The summed E-state index contributed by atoms with van der Waals surface area (Å²) in [4.78, 5) is 14.4. The summed E-state index contributed by atoms with van der Waals surface area (Å²) in [6, 6.07) is 1.10. The number of carbonyl (C=O) groups is 1. The zero-order valence-corrected chi connectivity index (χ0v) is 10.8. The van der Waals surface area contributed by atoms with Crippen molar-refractivity contribution in [3.63, 3.8) is 0 Å². The molecule has 0 spiro atoms. The minimum Gasteiger partial charge on any atom is -0.458 e. The van der Waals surface area contributed by atoms with Gasteiger partial charge in [-0.3, -0.25) is 4.79 Å². The number of carbonyl (C=O) groups excluding carboxylic acids is 1. The van der Waals surface area contributed by atoms with Gasteiger partial charge in [-0.2, -0.15) is 0 Å². The van der Waals surface area contributed by atoms with Crippen LogP contribution in [0.15, 0.2) is 12.3 Å². The third-order valence-corrected chi connectivity index (χ3v) is 3.05.